The molecule has 2 saturated heterocycles. The average molecular weight is 507 g/mol. The normalized spacial score (nSPS) is 23.7. The minimum absolute atomic E-state index is 0.0209. The van der Waals surface area contributed by atoms with Crippen LogP contribution in [0.25, 0.3) is 0 Å². The Kier molecular flexibility index (Phi) is 9.43. The maximum absolute atomic E-state index is 13.0. The highest BCUT2D eigenvalue weighted by Crippen LogP contribution is 2.25. The Labute approximate surface area is 210 Å². The van der Waals surface area contributed by atoms with Crippen LogP contribution in [-0.2, 0) is 28.7 Å². The fourth-order valence-corrected chi connectivity index (χ4v) is 4.66. The molecule has 3 aliphatic heterocycles. The van der Waals surface area contributed by atoms with E-state index in [0.29, 0.717) is 12.8 Å². The van der Waals surface area contributed by atoms with Gasteiger partial charge in [-0.1, -0.05) is 12.2 Å². The third kappa shape index (κ3) is 6.03. The second-order valence-corrected chi connectivity index (χ2v) is 8.75. The first-order valence-corrected chi connectivity index (χ1v) is 12.5. The summed E-state index contributed by atoms with van der Waals surface area (Å²) in [6, 6.07) is -2.37. The molecule has 0 aromatic carbocycles. The number of hydrogen-bond donors (Lipinski definition) is 0. The van der Waals surface area contributed by atoms with E-state index in [2.05, 4.69) is 0 Å². The molecule has 0 aromatic heterocycles. The van der Waals surface area contributed by atoms with E-state index >= 15 is 0 Å². The van der Waals surface area contributed by atoms with Crippen molar-refractivity contribution in [1.82, 2.24) is 19.6 Å². The predicted molar refractivity (Wildman–Crippen MR) is 125 cm³/mol. The molecule has 0 aromatic rings. The molecule has 4 bridgehead atoms. The Balaban J connectivity index is 1.75. The van der Waals surface area contributed by atoms with Crippen LogP contribution < -0.4 is 0 Å². The number of carbonyl (C=O) groups is 6. The minimum atomic E-state index is -0.766. The van der Waals surface area contributed by atoms with E-state index in [1.807, 2.05) is 0 Å². The van der Waals surface area contributed by atoms with Gasteiger partial charge in [0.2, 0.25) is 0 Å². The average Bonchev–Trinajstić information content (AvgIpc) is 3.19. The molecule has 6 amide bonds. The van der Waals surface area contributed by atoms with Gasteiger partial charge in [-0.25, -0.2) is 9.59 Å². The monoisotopic (exact) mass is 506 g/mol. The molecule has 36 heavy (non-hydrogen) atoms. The smallest absolute Gasteiger partial charge is 0.327 e. The summed E-state index contributed by atoms with van der Waals surface area (Å²) in [6.45, 7) is 4.41. The van der Waals surface area contributed by atoms with Crippen LogP contribution in [0.2, 0.25) is 0 Å². The molecule has 3 heterocycles. The summed E-state index contributed by atoms with van der Waals surface area (Å²) in [4.78, 5) is 80.8. The number of esters is 2. The molecule has 0 N–H and O–H groups in total. The molecule has 0 saturated carbocycles. The van der Waals surface area contributed by atoms with Crippen molar-refractivity contribution in [3.05, 3.63) is 12.2 Å². The highest BCUT2D eigenvalue weighted by molar-refractivity contribution is 6.05. The zero-order valence-corrected chi connectivity index (χ0v) is 20.8. The largest absolute Gasteiger partial charge is 0.466 e. The summed E-state index contributed by atoms with van der Waals surface area (Å²) < 4.78 is 9.90. The molecule has 3 rings (SSSR count). The molecule has 0 radical (unpaired) electrons. The molecular weight excluding hydrogens is 472 g/mol. The van der Waals surface area contributed by atoms with Crippen molar-refractivity contribution >= 4 is 35.8 Å². The number of urea groups is 2. The number of amides is 6. The van der Waals surface area contributed by atoms with Gasteiger partial charge in [0.25, 0.3) is 11.8 Å². The number of ether oxygens (including phenoxy) is 2. The first kappa shape index (κ1) is 27.2. The van der Waals surface area contributed by atoms with Crippen LogP contribution >= 0.6 is 0 Å². The van der Waals surface area contributed by atoms with Crippen LogP contribution in [0.15, 0.2) is 12.2 Å². The molecule has 2 atom stereocenters. The molecule has 2 unspecified atom stereocenters. The second-order valence-electron chi connectivity index (χ2n) is 8.75. The summed E-state index contributed by atoms with van der Waals surface area (Å²) in [5.41, 5.74) is 0. The van der Waals surface area contributed by atoms with Crippen LogP contribution in [0.3, 0.4) is 0 Å². The zero-order valence-electron chi connectivity index (χ0n) is 20.8. The molecule has 12 nitrogen and oxygen atoms in total. The Hall–Kier alpha value is -3.44. The van der Waals surface area contributed by atoms with Gasteiger partial charge in [0.05, 0.1) is 13.2 Å². The van der Waals surface area contributed by atoms with E-state index in [0.717, 1.165) is 0 Å². The van der Waals surface area contributed by atoms with Gasteiger partial charge in [0.1, 0.15) is 12.1 Å². The lowest BCUT2D eigenvalue weighted by Crippen LogP contribution is -2.37. The van der Waals surface area contributed by atoms with Crippen LogP contribution in [-0.4, -0.2) is 107 Å². The third-order valence-corrected chi connectivity index (χ3v) is 6.45. The van der Waals surface area contributed by atoms with Crippen molar-refractivity contribution in [3.63, 3.8) is 0 Å². The predicted octanol–water partition coefficient (Wildman–Crippen LogP) is 1.29. The first-order chi connectivity index (χ1) is 17.3. The van der Waals surface area contributed by atoms with Crippen molar-refractivity contribution in [2.75, 3.05) is 39.4 Å². The van der Waals surface area contributed by atoms with E-state index in [1.54, 1.807) is 26.0 Å². The summed E-state index contributed by atoms with van der Waals surface area (Å²) >= 11 is 0. The summed E-state index contributed by atoms with van der Waals surface area (Å²) in [7, 11) is 0. The second kappa shape index (κ2) is 12.5. The maximum atomic E-state index is 13.0. The number of hydrogen-bond acceptors (Lipinski definition) is 8. The van der Waals surface area contributed by atoms with E-state index in [9.17, 15) is 28.8 Å². The lowest BCUT2D eigenvalue weighted by Gasteiger charge is -2.22. The Morgan fingerprint density at radius 3 is 1.50 bits per heavy atom. The molecular formula is C24H34N4O8. The number of rotatable bonds is 8. The minimum Gasteiger partial charge on any atom is -0.466 e. The van der Waals surface area contributed by atoms with Crippen molar-refractivity contribution in [2.45, 2.75) is 64.5 Å². The highest BCUT2D eigenvalue weighted by Gasteiger charge is 2.46. The standard InChI is InChI=1S/C24H34N4O8/c1-3-35-19(29)11-9-17-21(31)27-15-7-8-16-28-22(32)18(10-12-20(30)36-4-2)26(24(28)34)14-6-5-13-25(17)23(27)33/h5-6,17-18H,3-4,7-16H2,1-2H3/b6-5+. The SMILES string of the molecule is CCOC(=O)CCC1C(=O)N2CCCCN3C(=O)C(CCC(=O)OCC)N(C/C=C/CN1C2=O)C3=O. The van der Waals surface area contributed by atoms with Crippen molar-refractivity contribution < 1.29 is 38.2 Å². The van der Waals surface area contributed by atoms with E-state index in [-0.39, 0.29) is 76.9 Å². The quantitative estimate of drug-likeness (QED) is 0.273. The lowest BCUT2D eigenvalue weighted by molar-refractivity contribution is -0.144. The molecule has 12 heteroatoms. The molecule has 0 aliphatic carbocycles. The van der Waals surface area contributed by atoms with E-state index in [4.69, 9.17) is 9.47 Å². The Morgan fingerprint density at radius 2 is 1.14 bits per heavy atom. The van der Waals surface area contributed by atoms with Gasteiger partial charge in [-0.15, -0.1) is 0 Å². The molecule has 0 spiro atoms. The first-order valence-electron chi connectivity index (χ1n) is 12.5. The fraction of sp³-hybridized carbons (Fsp3) is 0.667. The van der Waals surface area contributed by atoms with E-state index < -0.39 is 36.1 Å². The Morgan fingerprint density at radius 1 is 0.750 bits per heavy atom. The number of nitrogens with zero attached hydrogens (tertiary/aromatic N) is 4. The van der Waals surface area contributed by atoms with Gasteiger partial charge < -0.3 is 19.3 Å². The van der Waals surface area contributed by atoms with Crippen LogP contribution in [0.1, 0.15) is 52.4 Å². The van der Waals surface area contributed by atoms with Gasteiger partial charge in [-0.3, -0.25) is 29.0 Å². The van der Waals surface area contributed by atoms with Gasteiger partial charge in [-0.05, 0) is 39.5 Å². The number of fused-ring (bicyclic) bond motifs is 4. The van der Waals surface area contributed by atoms with Gasteiger partial charge in [0.15, 0.2) is 0 Å². The third-order valence-electron chi connectivity index (χ3n) is 6.45. The zero-order chi connectivity index (χ0) is 26.2. The topological polar surface area (TPSA) is 134 Å². The summed E-state index contributed by atoms with van der Waals surface area (Å²) in [5, 5.41) is 0. The summed E-state index contributed by atoms with van der Waals surface area (Å²) in [5.74, 6) is -1.56. The van der Waals surface area contributed by atoms with Gasteiger partial charge in [0, 0.05) is 39.0 Å². The molecule has 198 valence electrons. The lowest BCUT2D eigenvalue weighted by atomic mass is 10.1. The van der Waals surface area contributed by atoms with Crippen LogP contribution in [0.5, 0.6) is 0 Å². The van der Waals surface area contributed by atoms with Crippen molar-refractivity contribution in [2.24, 2.45) is 0 Å². The van der Waals surface area contributed by atoms with Crippen LogP contribution in [0, 0.1) is 0 Å². The molecule has 3 aliphatic rings. The van der Waals surface area contributed by atoms with Crippen molar-refractivity contribution in [1.29, 1.82) is 0 Å². The molecule has 2 fully saturated rings. The number of imide groups is 2. The van der Waals surface area contributed by atoms with E-state index in [1.165, 1.54) is 19.6 Å². The fourth-order valence-electron chi connectivity index (χ4n) is 4.66. The maximum Gasteiger partial charge on any atom is 0.327 e. The number of carbonyl (C=O) groups excluding carboxylic acids is 6. The summed E-state index contributed by atoms with van der Waals surface area (Å²) in [6.07, 6.45) is 4.53. The van der Waals surface area contributed by atoms with Gasteiger partial charge in [-0.2, -0.15) is 0 Å². The Bertz CT molecular complexity index is 848. The van der Waals surface area contributed by atoms with Crippen molar-refractivity contribution in [3.8, 4) is 0 Å². The van der Waals surface area contributed by atoms with Crippen LogP contribution in [0.4, 0.5) is 9.59 Å². The van der Waals surface area contributed by atoms with Gasteiger partial charge >= 0.3 is 24.0 Å². The highest BCUT2D eigenvalue weighted by atomic mass is 16.5.